The van der Waals surface area contributed by atoms with Crippen molar-refractivity contribution in [1.82, 2.24) is 15.0 Å². The van der Waals surface area contributed by atoms with Crippen LogP contribution in [0.5, 0.6) is 0 Å². The molecular formula is C15H18N4. The fraction of sp³-hybridized carbons (Fsp3) is 0.467. The van der Waals surface area contributed by atoms with E-state index in [1.807, 2.05) is 0 Å². The first-order valence-corrected chi connectivity index (χ1v) is 7.13. The number of hydrogen-bond acceptors (Lipinski definition) is 3. The summed E-state index contributed by atoms with van der Waals surface area (Å²) in [6.07, 6.45) is 9.02. The molecule has 2 saturated carbocycles. The van der Waals surface area contributed by atoms with Crippen molar-refractivity contribution in [2.45, 2.75) is 31.7 Å². The molecule has 1 N–H and O–H groups in total. The van der Waals surface area contributed by atoms with Crippen LogP contribution in [0.25, 0.3) is 5.69 Å². The molecule has 2 aliphatic rings. The third-order valence-corrected chi connectivity index (χ3v) is 4.11. The quantitative estimate of drug-likeness (QED) is 0.892. The first-order chi connectivity index (χ1) is 9.40. The predicted molar refractivity (Wildman–Crippen MR) is 74.2 cm³/mol. The van der Waals surface area contributed by atoms with E-state index >= 15 is 0 Å². The Kier molecular flexibility index (Phi) is 2.53. The molecule has 1 aromatic carbocycles. The van der Waals surface area contributed by atoms with E-state index in [2.05, 4.69) is 39.8 Å². The predicted octanol–water partition coefficient (Wildman–Crippen LogP) is 2.87. The second-order valence-corrected chi connectivity index (χ2v) is 5.71. The maximum Gasteiger partial charge on any atom is 0.0858 e. The zero-order chi connectivity index (χ0) is 12.7. The molecule has 1 aromatic heterocycles. The monoisotopic (exact) mass is 254 g/mol. The zero-order valence-corrected chi connectivity index (χ0v) is 10.9. The van der Waals surface area contributed by atoms with Crippen molar-refractivity contribution in [2.75, 3.05) is 5.32 Å². The van der Waals surface area contributed by atoms with Gasteiger partial charge in [0, 0.05) is 11.7 Å². The SMILES string of the molecule is c1cnn(-c2ccc(NC(C3CC3)C3CC3)cc2)n1. The van der Waals surface area contributed by atoms with Gasteiger partial charge < -0.3 is 5.32 Å². The lowest BCUT2D eigenvalue weighted by Gasteiger charge is -2.19. The Morgan fingerprint density at radius 2 is 1.53 bits per heavy atom. The fourth-order valence-corrected chi connectivity index (χ4v) is 2.76. The average molecular weight is 254 g/mol. The van der Waals surface area contributed by atoms with E-state index in [0.717, 1.165) is 17.5 Å². The van der Waals surface area contributed by atoms with Gasteiger partial charge >= 0.3 is 0 Å². The third kappa shape index (κ3) is 2.35. The van der Waals surface area contributed by atoms with Gasteiger partial charge in [-0.15, -0.1) is 0 Å². The number of hydrogen-bond donors (Lipinski definition) is 1. The third-order valence-electron chi connectivity index (χ3n) is 4.11. The number of benzene rings is 1. The molecule has 4 rings (SSSR count). The Balaban J connectivity index is 1.49. The Bertz CT molecular complexity index is 526. The van der Waals surface area contributed by atoms with Crippen molar-refractivity contribution in [3.8, 4) is 5.69 Å². The summed E-state index contributed by atoms with van der Waals surface area (Å²) in [7, 11) is 0. The lowest BCUT2D eigenvalue weighted by atomic mass is 10.1. The van der Waals surface area contributed by atoms with Gasteiger partial charge in [0.2, 0.25) is 0 Å². The molecule has 2 fully saturated rings. The molecular weight excluding hydrogens is 236 g/mol. The maximum atomic E-state index is 4.14. The van der Waals surface area contributed by atoms with Gasteiger partial charge in [0.15, 0.2) is 0 Å². The van der Waals surface area contributed by atoms with Crippen LogP contribution in [-0.2, 0) is 0 Å². The topological polar surface area (TPSA) is 42.7 Å². The number of rotatable bonds is 5. The molecule has 0 spiro atoms. The Morgan fingerprint density at radius 1 is 0.947 bits per heavy atom. The van der Waals surface area contributed by atoms with E-state index < -0.39 is 0 Å². The first kappa shape index (κ1) is 11.0. The molecule has 0 bridgehead atoms. The zero-order valence-electron chi connectivity index (χ0n) is 10.9. The van der Waals surface area contributed by atoms with Crippen LogP contribution in [0.15, 0.2) is 36.7 Å². The van der Waals surface area contributed by atoms with E-state index in [-0.39, 0.29) is 0 Å². The van der Waals surface area contributed by atoms with Crippen LogP contribution in [0, 0.1) is 11.8 Å². The molecule has 19 heavy (non-hydrogen) atoms. The van der Waals surface area contributed by atoms with Crippen LogP contribution >= 0.6 is 0 Å². The summed E-state index contributed by atoms with van der Waals surface area (Å²) in [5, 5.41) is 12.0. The van der Waals surface area contributed by atoms with E-state index in [4.69, 9.17) is 0 Å². The summed E-state index contributed by atoms with van der Waals surface area (Å²) in [6, 6.07) is 9.11. The average Bonchev–Trinajstić information content (AvgIpc) is 3.37. The minimum absolute atomic E-state index is 0.702. The highest BCUT2D eigenvalue weighted by Crippen LogP contribution is 2.45. The lowest BCUT2D eigenvalue weighted by Crippen LogP contribution is -2.24. The summed E-state index contributed by atoms with van der Waals surface area (Å²) < 4.78 is 0. The van der Waals surface area contributed by atoms with Gasteiger partial charge in [0.1, 0.15) is 0 Å². The molecule has 0 saturated heterocycles. The highest BCUT2D eigenvalue weighted by molar-refractivity contribution is 5.49. The van der Waals surface area contributed by atoms with Gasteiger partial charge in [-0.3, -0.25) is 0 Å². The highest BCUT2D eigenvalue weighted by Gasteiger charge is 2.41. The fourth-order valence-electron chi connectivity index (χ4n) is 2.76. The van der Waals surface area contributed by atoms with Crippen molar-refractivity contribution in [3.05, 3.63) is 36.7 Å². The molecule has 4 heteroatoms. The molecule has 0 unspecified atom stereocenters. The van der Waals surface area contributed by atoms with Crippen molar-refractivity contribution in [1.29, 1.82) is 0 Å². The molecule has 2 aromatic rings. The van der Waals surface area contributed by atoms with Gasteiger partial charge in [-0.05, 0) is 61.8 Å². The van der Waals surface area contributed by atoms with Crippen LogP contribution in [0.3, 0.4) is 0 Å². The maximum absolute atomic E-state index is 4.14. The van der Waals surface area contributed by atoms with Crippen LogP contribution < -0.4 is 5.32 Å². The molecule has 0 radical (unpaired) electrons. The second-order valence-electron chi connectivity index (χ2n) is 5.71. The number of aromatic nitrogens is 3. The Hall–Kier alpha value is -1.84. The van der Waals surface area contributed by atoms with Gasteiger partial charge in [-0.25, -0.2) is 0 Å². The van der Waals surface area contributed by atoms with Crippen LogP contribution in [0.1, 0.15) is 25.7 Å². The second kappa shape index (κ2) is 4.37. The van der Waals surface area contributed by atoms with Gasteiger partial charge in [-0.2, -0.15) is 15.0 Å². The largest absolute Gasteiger partial charge is 0.382 e. The number of nitrogens with one attached hydrogen (secondary N) is 1. The smallest absolute Gasteiger partial charge is 0.0858 e. The van der Waals surface area contributed by atoms with Gasteiger partial charge in [-0.1, -0.05) is 0 Å². The Morgan fingerprint density at radius 3 is 2.05 bits per heavy atom. The molecule has 98 valence electrons. The number of anilines is 1. The molecule has 0 amide bonds. The van der Waals surface area contributed by atoms with Crippen molar-refractivity contribution in [2.24, 2.45) is 11.8 Å². The standard InChI is InChI=1S/C15H18N4/c1-2-11(1)15(12-3-4-12)18-13-5-7-14(8-6-13)19-16-9-10-17-19/h5-12,15,18H,1-4H2. The molecule has 0 aliphatic heterocycles. The van der Waals surface area contributed by atoms with Crippen molar-refractivity contribution < 1.29 is 0 Å². The number of nitrogens with zero attached hydrogens (tertiary/aromatic N) is 3. The van der Waals surface area contributed by atoms with E-state index in [0.29, 0.717) is 6.04 Å². The van der Waals surface area contributed by atoms with Crippen LogP contribution in [-0.4, -0.2) is 21.0 Å². The molecule has 0 atom stereocenters. The van der Waals surface area contributed by atoms with Crippen molar-refractivity contribution in [3.63, 3.8) is 0 Å². The molecule has 1 heterocycles. The molecule has 2 aliphatic carbocycles. The normalized spacial score (nSPS) is 18.8. The van der Waals surface area contributed by atoms with Crippen LogP contribution in [0.4, 0.5) is 5.69 Å². The summed E-state index contributed by atoms with van der Waals surface area (Å²) in [4.78, 5) is 1.64. The van der Waals surface area contributed by atoms with E-state index in [1.165, 1.54) is 31.4 Å². The van der Waals surface area contributed by atoms with Gasteiger partial charge in [0.25, 0.3) is 0 Å². The molecule has 4 nitrogen and oxygen atoms in total. The first-order valence-electron chi connectivity index (χ1n) is 7.13. The Labute approximate surface area is 112 Å². The minimum atomic E-state index is 0.702. The van der Waals surface area contributed by atoms with Gasteiger partial charge in [0.05, 0.1) is 18.1 Å². The summed E-state index contributed by atoms with van der Waals surface area (Å²) in [5.74, 6) is 1.83. The van der Waals surface area contributed by atoms with Crippen molar-refractivity contribution >= 4 is 5.69 Å². The summed E-state index contributed by atoms with van der Waals surface area (Å²) in [5.41, 5.74) is 2.23. The van der Waals surface area contributed by atoms with Crippen LogP contribution in [0.2, 0.25) is 0 Å². The summed E-state index contributed by atoms with van der Waals surface area (Å²) >= 11 is 0. The van der Waals surface area contributed by atoms with E-state index in [1.54, 1.807) is 17.2 Å². The highest BCUT2D eigenvalue weighted by atomic mass is 15.5. The lowest BCUT2D eigenvalue weighted by molar-refractivity contribution is 0.568. The summed E-state index contributed by atoms with van der Waals surface area (Å²) in [6.45, 7) is 0. The van der Waals surface area contributed by atoms with E-state index in [9.17, 15) is 0 Å². The minimum Gasteiger partial charge on any atom is -0.382 e.